The summed E-state index contributed by atoms with van der Waals surface area (Å²) in [5.74, 6) is -1.34. The van der Waals surface area contributed by atoms with Crippen LogP contribution in [0.4, 0.5) is 0 Å². The minimum absolute atomic E-state index is 0.0463. The Balaban J connectivity index is 1.09. The molecular weight excluding hydrogens is 504 g/mol. The van der Waals surface area contributed by atoms with E-state index in [0.717, 1.165) is 12.8 Å². The van der Waals surface area contributed by atoms with E-state index < -0.39 is 17.5 Å². The molecule has 10 heteroatoms. The van der Waals surface area contributed by atoms with Gasteiger partial charge in [-0.25, -0.2) is 4.79 Å². The molecule has 5 rings (SSSR count). The smallest absolute Gasteiger partial charge is 0.349 e. The third kappa shape index (κ3) is 5.91. The first kappa shape index (κ1) is 26.3. The Hall–Kier alpha value is -4.31. The Kier molecular flexibility index (Phi) is 7.83. The molecule has 1 aromatic heterocycles. The van der Waals surface area contributed by atoms with Crippen LogP contribution >= 0.6 is 0 Å². The number of hydrogen-bond donors (Lipinski definition) is 1. The van der Waals surface area contributed by atoms with E-state index in [1.165, 1.54) is 17.0 Å². The minimum Gasteiger partial charge on any atom is -0.426 e. The number of imide groups is 1. The molecule has 1 saturated heterocycles. The highest BCUT2D eigenvalue weighted by molar-refractivity contribution is 6.21. The average molecular weight is 533 g/mol. The average Bonchev–Trinajstić information content (AvgIpc) is 3.54. The number of esters is 1. The molecular formula is C29H28N2O8. The van der Waals surface area contributed by atoms with Gasteiger partial charge in [-0.05, 0) is 56.0 Å². The number of nitrogens with zero attached hydrogens (tertiary/aromatic N) is 1. The van der Waals surface area contributed by atoms with E-state index in [1.54, 1.807) is 36.4 Å². The van der Waals surface area contributed by atoms with Gasteiger partial charge in [0.05, 0.1) is 17.2 Å². The van der Waals surface area contributed by atoms with E-state index in [1.807, 2.05) is 0 Å². The summed E-state index contributed by atoms with van der Waals surface area (Å²) in [7, 11) is 0. The molecule has 2 aliphatic rings. The maximum Gasteiger partial charge on any atom is 0.349 e. The molecule has 0 aliphatic carbocycles. The summed E-state index contributed by atoms with van der Waals surface area (Å²) in [4.78, 5) is 63.2. The summed E-state index contributed by atoms with van der Waals surface area (Å²) in [6.07, 6.45) is 3.64. The van der Waals surface area contributed by atoms with E-state index in [-0.39, 0.29) is 41.2 Å². The number of carbonyl (C=O) groups is 4. The molecule has 3 aromatic rings. The molecule has 0 radical (unpaired) electrons. The van der Waals surface area contributed by atoms with Crippen LogP contribution in [0.3, 0.4) is 0 Å². The fraction of sp³-hybridized carbons (Fsp3) is 0.345. The number of rotatable bonds is 10. The molecule has 1 unspecified atom stereocenters. The topological polar surface area (TPSA) is 132 Å². The highest BCUT2D eigenvalue weighted by Gasteiger charge is 2.34. The summed E-state index contributed by atoms with van der Waals surface area (Å²) in [6, 6.07) is 12.8. The van der Waals surface area contributed by atoms with Crippen LogP contribution in [0.2, 0.25) is 0 Å². The standard InChI is InChI=1S/C29H28N2O8/c32-25(10-2-1-5-13-31-27(34)21-8-3-4-9-22(21)28(31)35)38-19-12-11-18-15-23(29(36)39-24(18)16-19)26(33)30-17-20-7-6-14-37-20/h3-4,8-9,11-12,15-16,20H,1-2,5-7,10,13-14,17H2,(H,30,33). The number of ether oxygens (including phenoxy) is 2. The van der Waals surface area contributed by atoms with Gasteiger partial charge in [-0.3, -0.25) is 24.1 Å². The number of hydrogen-bond acceptors (Lipinski definition) is 8. The van der Waals surface area contributed by atoms with Crippen molar-refractivity contribution in [2.75, 3.05) is 19.7 Å². The van der Waals surface area contributed by atoms with Gasteiger partial charge in [-0.1, -0.05) is 18.6 Å². The number of benzene rings is 2. The molecule has 39 heavy (non-hydrogen) atoms. The van der Waals surface area contributed by atoms with Crippen molar-refractivity contribution in [3.63, 3.8) is 0 Å². The number of unbranched alkanes of at least 4 members (excludes halogenated alkanes) is 2. The van der Waals surface area contributed by atoms with Gasteiger partial charge in [-0.2, -0.15) is 0 Å². The van der Waals surface area contributed by atoms with Crippen LogP contribution in [-0.2, 0) is 9.53 Å². The molecule has 3 amide bonds. The maximum atomic E-state index is 12.5. The predicted molar refractivity (Wildman–Crippen MR) is 140 cm³/mol. The quantitative estimate of drug-likeness (QED) is 0.138. The highest BCUT2D eigenvalue weighted by Crippen LogP contribution is 2.24. The van der Waals surface area contributed by atoms with Gasteiger partial charge in [-0.15, -0.1) is 0 Å². The lowest BCUT2D eigenvalue weighted by Crippen LogP contribution is -2.34. The molecule has 0 spiro atoms. The Morgan fingerprint density at radius 1 is 0.974 bits per heavy atom. The lowest BCUT2D eigenvalue weighted by molar-refractivity contribution is -0.134. The van der Waals surface area contributed by atoms with Crippen LogP contribution < -0.4 is 15.7 Å². The van der Waals surface area contributed by atoms with Gasteiger partial charge in [0.1, 0.15) is 16.9 Å². The van der Waals surface area contributed by atoms with Crippen molar-refractivity contribution < 1.29 is 33.1 Å². The second-order valence-electron chi connectivity index (χ2n) is 9.58. The third-order valence-corrected chi connectivity index (χ3v) is 6.84. The van der Waals surface area contributed by atoms with E-state index in [4.69, 9.17) is 13.9 Å². The summed E-state index contributed by atoms with van der Waals surface area (Å²) >= 11 is 0. The van der Waals surface area contributed by atoms with Crippen LogP contribution in [0, 0.1) is 0 Å². The zero-order chi connectivity index (χ0) is 27.4. The van der Waals surface area contributed by atoms with E-state index in [2.05, 4.69) is 5.32 Å². The van der Waals surface area contributed by atoms with Crippen LogP contribution in [-0.4, -0.2) is 54.4 Å². The van der Waals surface area contributed by atoms with Crippen LogP contribution in [0.1, 0.15) is 69.6 Å². The van der Waals surface area contributed by atoms with Crippen molar-refractivity contribution in [1.82, 2.24) is 10.2 Å². The molecule has 1 fully saturated rings. The monoisotopic (exact) mass is 532 g/mol. The summed E-state index contributed by atoms with van der Waals surface area (Å²) < 4.78 is 16.2. The molecule has 2 aliphatic heterocycles. The number of amides is 3. The second kappa shape index (κ2) is 11.6. The molecule has 3 heterocycles. The SMILES string of the molecule is O=C(CCCCCN1C(=O)c2ccccc2C1=O)Oc1ccc2cc(C(=O)NCC3CCCO3)c(=O)oc2c1. The van der Waals surface area contributed by atoms with Crippen molar-refractivity contribution in [2.24, 2.45) is 0 Å². The van der Waals surface area contributed by atoms with Crippen molar-refractivity contribution >= 4 is 34.7 Å². The summed E-state index contributed by atoms with van der Waals surface area (Å²) in [5, 5.41) is 3.23. The Bertz CT molecular complexity index is 1450. The van der Waals surface area contributed by atoms with Gasteiger partial charge in [0.15, 0.2) is 0 Å². The zero-order valence-electron chi connectivity index (χ0n) is 21.3. The van der Waals surface area contributed by atoms with Gasteiger partial charge < -0.3 is 19.2 Å². The number of carbonyl (C=O) groups excluding carboxylic acids is 4. The molecule has 0 bridgehead atoms. The van der Waals surface area contributed by atoms with Crippen molar-refractivity contribution in [3.8, 4) is 5.75 Å². The zero-order valence-corrected chi connectivity index (χ0v) is 21.3. The predicted octanol–water partition coefficient (Wildman–Crippen LogP) is 3.46. The molecule has 10 nitrogen and oxygen atoms in total. The third-order valence-electron chi connectivity index (χ3n) is 6.84. The van der Waals surface area contributed by atoms with E-state index in [0.29, 0.717) is 55.5 Å². The molecule has 0 saturated carbocycles. The lowest BCUT2D eigenvalue weighted by Gasteiger charge is -2.13. The van der Waals surface area contributed by atoms with Crippen LogP contribution in [0.15, 0.2) is 57.7 Å². The normalized spacial score (nSPS) is 16.5. The lowest BCUT2D eigenvalue weighted by atomic mass is 10.1. The Labute approximate surface area is 223 Å². The number of fused-ring (bicyclic) bond motifs is 2. The summed E-state index contributed by atoms with van der Waals surface area (Å²) in [6.45, 7) is 1.29. The van der Waals surface area contributed by atoms with Gasteiger partial charge in [0, 0.05) is 37.6 Å². The van der Waals surface area contributed by atoms with Crippen LogP contribution in [0.25, 0.3) is 11.0 Å². The van der Waals surface area contributed by atoms with Crippen LogP contribution in [0.5, 0.6) is 5.75 Å². The fourth-order valence-corrected chi connectivity index (χ4v) is 4.76. The maximum absolute atomic E-state index is 12.5. The van der Waals surface area contributed by atoms with Gasteiger partial charge in [0.25, 0.3) is 17.7 Å². The highest BCUT2D eigenvalue weighted by atomic mass is 16.5. The fourth-order valence-electron chi connectivity index (χ4n) is 4.76. The first-order chi connectivity index (χ1) is 18.9. The second-order valence-corrected chi connectivity index (χ2v) is 9.58. The summed E-state index contributed by atoms with van der Waals surface area (Å²) in [5.41, 5.74) is 0.152. The Morgan fingerprint density at radius 2 is 1.74 bits per heavy atom. The van der Waals surface area contributed by atoms with Gasteiger partial charge in [0.2, 0.25) is 0 Å². The first-order valence-corrected chi connectivity index (χ1v) is 13.0. The van der Waals surface area contributed by atoms with Crippen molar-refractivity contribution in [3.05, 3.63) is 75.6 Å². The largest absolute Gasteiger partial charge is 0.426 e. The van der Waals surface area contributed by atoms with Gasteiger partial charge >= 0.3 is 11.6 Å². The van der Waals surface area contributed by atoms with E-state index in [9.17, 15) is 24.0 Å². The molecule has 2 aromatic carbocycles. The minimum atomic E-state index is -0.783. The van der Waals surface area contributed by atoms with E-state index >= 15 is 0 Å². The molecule has 1 atom stereocenters. The molecule has 202 valence electrons. The molecule has 1 N–H and O–H groups in total. The number of nitrogens with one attached hydrogen (secondary N) is 1. The first-order valence-electron chi connectivity index (χ1n) is 13.0. The van der Waals surface area contributed by atoms with Crippen molar-refractivity contribution in [2.45, 2.75) is 44.6 Å². The Morgan fingerprint density at radius 3 is 2.46 bits per heavy atom. The van der Waals surface area contributed by atoms with Crippen molar-refractivity contribution in [1.29, 1.82) is 0 Å².